The molecule has 1 aliphatic rings. The van der Waals surface area contributed by atoms with Gasteiger partial charge in [0.1, 0.15) is 0 Å². The Morgan fingerprint density at radius 1 is 1.41 bits per heavy atom. The van der Waals surface area contributed by atoms with Crippen molar-refractivity contribution in [2.24, 2.45) is 0 Å². The van der Waals surface area contributed by atoms with Crippen molar-refractivity contribution in [3.8, 4) is 0 Å². The number of piperidine rings is 1. The van der Waals surface area contributed by atoms with Crippen molar-refractivity contribution in [1.29, 1.82) is 0 Å². The molecule has 0 saturated carbocycles. The van der Waals surface area contributed by atoms with Crippen molar-refractivity contribution in [1.82, 2.24) is 0 Å². The van der Waals surface area contributed by atoms with E-state index in [1.54, 1.807) is 0 Å². The van der Waals surface area contributed by atoms with Gasteiger partial charge in [-0.2, -0.15) is 0 Å². The highest BCUT2D eigenvalue weighted by Gasteiger charge is 2.22. The van der Waals surface area contributed by atoms with Crippen LogP contribution in [0, 0.1) is 0 Å². The minimum Gasteiger partial charge on any atom is -0.367 e. The largest absolute Gasteiger partial charge is 0.367 e. The second-order valence-corrected chi connectivity index (χ2v) is 5.64. The summed E-state index contributed by atoms with van der Waals surface area (Å²) in [5.74, 6) is 0. The van der Waals surface area contributed by atoms with E-state index in [1.807, 2.05) is 0 Å². The fraction of sp³-hybridized carbons (Fsp3) is 0.571. The van der Waals surface area contributed by atoms with Crippen LogP contribution in [0.4, 0.5) is 5.69 Å². The van der Waals surface area contributed by atoms with Gasteiger partial charge in [-0.25, -0.2) is 0 Å². The summed E-state index contributed by atoms with van der Waals surface area (Å²) in [6.45, 7) is 3.41. The lowest BCUT2D eigenvalue weighted by Crippen LogP contribution is -2.39. The van der Waals surface area contributed by atoms with Gasteiger partial charge in [0.15, 0.2) is 0 Å². The number of halogens is 2. The molecule has 0 amide bonds. The standard InChI is InChI=1S/C14H19BrClN/c1-2-12-5-3-4-8-17(12)14-7-6-11(10-15)9-13(14)16/h6-7,9,12H,2-5,8,10H2,1H3. The molecule has 0 bridgehead atoms. The topological polar surface area (TPSA) is 3.24 Å². The van der Waals surface area contributed by atoms with E-state index in [-0.39, 0.29) is 0 Å². The van der Waals surface area contributed by atoms with Crippen LogP contribution in [0.1, 0.15) is 38.2 Å². The molecule has 0 aliphatic carbocycles. The third-order valence-electron chi connectivity index (χ3n) is 3.57. The summed E-state index contributed by atoms with van der Waals surface area (Å²) in [5.41, 5.74) is 2.45. The van der Waals surface area contributed by atoms with Gasteiger partial charge in [-0.1, -0.05) is 40.5 Å². The van der Waals surface area contributed by atoms with E-state index in [0.29, 0.717) is 6.04 Å². The normalized spacial score (nSPS) is 20.6. The van der Waals surface area contributed by atoms with Crippen molar-refractivity contribution >= 4 is 33.2 Å². The molecule has 1 fully saturated rings. The molecule has 1 unspecified atom stereocenters. The van der Waals surface area contributed by atoms with Crippen LogP contribution in [0.25, 0.3) is 0 Å². The Balaban J connectivity index is 2.25. The molecule has 0 aromatic heterocycles. The molecular weight excluding hydrogens is 298 g/mol. The predicted octanol–water partition coefficient (Wildman–Crippen LogP) is 5.00. The zero-order chi connectivity index (χ0) is 12.3. The third kappa shape index (κ3) is 2.97. The van der Waals surface area contributed by atoms with Gasteiger partial charge < -0.3 is 4.90 Å². The average Bonchev–Trinajstić information content (AvgIpc) is 2.38. The molecule has 0 spiro atoms. The number of benzene rings is 1. The fourth-order valence-electron chi connectivity index (χ4n) is 2.61. The van der Waals surface area contributed by atoms with Gasteiger partial charge in [0, 0.05) is 17.9 Å². The summed E-state index contributed by atoms with van der Waals surface area (Å²) in [6, 6.07) is 7.08. The summed E-state index contributed by atoms with van der Waals surface area (Å²) in [5, 5.41) is 1.76. The summed E-state index contributed by atoms with van der Waals surface area (Å²) < 4.78 is 0. The van der Waals surface area contributed by atoms with E-state index in [2.05, 4.69) is 46.0 Å². The van der Waals surface area contributed by atoms with Crippen molar-refractivity contribution in [3.05, 3.63) is 28.8 Å². The molecule has 3 heteroatoms. The first kappa shape index (κ1) is 13.2. The lowest BCUT2D eigenvalue weighted by molar-refractivity contribution is 0.450. The van der Waals surface area contributed by atoms with E-state index >= 15 is 0 Å². The Labute approximate surface area is 117 Å². The number of alkyl halides is 1. The van der Waals surface area contributed by atoms with Crippen LogP contribution in [0.5, 0.6) is 0 Å². The molecule has 1 saturated heterocycles. The molecule has 1 aromatic rings. The van der Waals surface area contributed by atoms with Gasteiger partial charge in [-0.3, -0.25) is 0 Å². The molecule has 0 radical (unpaired) electrons. The first-order chi connectivity index (χ1) is 8.26. The zero-order valence-corrected chi connectivity index (χ0v) is 12.6. The van der Waals surface area contributed by atoms with Crippen molar-refractivity contribution in [3.63, 3.8) is 0 Å². The Hall–Kier alpha value is -0.210. The molecule has 1 aromatic carbocycles. The second-order valence-electron chi connectivity index (χ2n) is 4.67. The van der Waals surface area contributed by atoms with E-state index in [0.717, 1.165) is 16.9 Å². The van der Waals surface area contributed by atoms with E-state index in [4.69, 9.17) is 11.6 Å². The molecule has 0 N–H and O–H groups in total. The Kier molecular flexibility index (Phi) is 4.75. The lowest BCUT2D eigenvalue weighted by Gasteiger charge is -2.37. The minimum absolute atomic E-state index is 0.663. The Bertz CT molecular complexity index is 380. The van der Waals surface area contributed by atoms with Crippen molar-refractivity contribution in [2.45, 2.75) is 44.0 Å². The van der Waals surface area contributed by atoms with Crippen LogP contribution in [-0.4, -0.2) is 12.6 Å². The van der Waals surface area contributed by atoms with E-state index < -0.39 is 0 Å². The van der Waals surface area contributed by atoms with Gasteiger partial charge in [0.05, 0.1) is 10.7 Å². The van der Waals surface area contributed by atoms with Crippen LogP contribution in [-0.2, 0) is 5.33 Å². The SMILES string of the molecule is CCC1CCCCN1c1ccc(CBr)cc1Cl. The highest BCUT2D eigenvalue weighted by molar-refractivity contribution is 9.08. The molecule has 1 aliphatic heterocycles. The maximum absolute atomic E-state index is 6.40. The molecule has 1 nitrogen and oxygen atoms in total. The maximum atomic E-state index is 6.40. The third-order valence-corrected chi connectivity index (χ3v) is 4.52. The van der Waals surface area contributed by atoms with Gasteiger partial charge >= 0.3 is 0 Å². The smallest absolute Gasteiger partial charge is 0.0642 e. The fourth-order valence-corrected chi connectivity index (χ4v) is 3.27. The van der Waals surface area contributed by atoms with Crippen LogP contribution in [0.3, 0.4) is 0 Å². The number of rotatable bonds is 3. The van der Waals surface area contributed by atoms with Gasteiger partial charge in [0.25, 0.3) is 0 Å². The summed E-state index contributed by atoms with van der Waals surface area (Å²) in [7, 11) is 0. The Morgan fingerprint density at radius 3 is 2.88 bits per heavy atom. The van der Waals surface area contributed by atoms with E-state index in [1.165, 1.54) is 36.9 Å². The molecule has 17 heavy (non-hydrogen) atoms. The quantitative estimate of drug-likeness (QED) is 0.709. The molecule has 1 atom stereocenters. The molecule has 94 valence electrons. The lowest BCUT2D eigenvalue weighted by atomic mass is 9.99. The Morgan fingerprint density at radius 2 is 2.24 bits per heavy atom. The van der Waals surface area contributed by atoms with Crippen LogP contribution >= 0.6 is 27.5 Å². The van der Waals surface area contributed by atoms with Crippen molar-refractivity contribution < 1.29 is 0 Å². The van der Waals surface area contributed by atoms with Gasteiger partial charge in [0.2, 0.25) is 0 Å². The molecule has 1 heterocycles. The first-order valence-electron chi connectivity index (χ1n) is 6.37. The van der Waals surface area contributed by atoms with Crippen molar-refractivity contribution in [2.75, 3.05) is 11.4 Å². The molecule has 2 rings (SSSR count). The second kappa shape index (κ2) is 6.10. The van der Waals surface area contributed by atoms with Crippen LogP contribution in [0.15, 0.2) is 18.2 Å². The first-order valence-corrected chi connectivity index (χ1v) is 7.87. The zero-order valence-electron chi connectivity index (χ0n) is 10.3. The molecular formula is C14H19BrClN. The van der Waals surface area contributed by atoms with Crippen LogP contribution in [0.2, 0.25) is 5.02 Å². The average molecular weight is 317 g/mol. The highest BCUT2D eigenvalue weighted by atomic mass is 79.9. The summed E-state index contributed by atoms with van der Waals surface area (Å²) >= 11 is 9.87. The minimum atomic E-state index is 0.663. The highest BCUT2D eigenvalue weighted by Crippen LogP contribution is 2.33. The monoisotopic (exact) mass is 315 g/mol. The summed E-state index contributed by atoms with van der Waals surface area (Å²) in [6.07, 6.45) is 5.14. The predicted molar refractivity (Wildman–Crippen MR) is 79.4 cm³/mol. The van der Waals surface area contributed by atoms with Gasteiger partial charge in [-0.15, -0.1) is 0 Å². The number of anilines is 1. The number of hydrogen-bond acceptors (Lipinski definition) is 1. The summed E-state index contributed by atoms with van der Waals surface area (Å²) in [4.78, 5) is 2.49. The number of hydrogen-bond donors (Lipinski definition) is 0. The van der Waals surface area contributed by atoms with E-state index in [9.17, 15) is 0 Å². The van der Waals surface area contributed by atoms with Crippen LogP contribution < -0.4 is 4.90 Å². The van der Waals surface area contributed by atoms with Gasteiger partial charge in [-0.05, 0) is 43.4 Å². The number of nitrogens with zero attached hydrogens (tertiary/aromatic N) is 1. The maximum Gasteiger partial charge on any atom is 0.0642 e.